The van der Waals surface area contributed by atoms with Crippen molar-refractivity contribution in [2.45, 2.75) is 58.8 Å². The highest BCUT2D eigenvalue weighted by Crippen LogP contribution is 2.39. The third-order valence-corrected chi connectivity index (χ3v) is 4.91. The van der Waals surface area contributed by atoms with E-state index in [9.17, 15) is 9.59 Å². The van der Waals surface area contributed by atoms with Crippen LogP contribution in [0.4, 0.5) is 0 Å². The Morgan fingerprint density at radius 2 is 1.90 bits per heavy atom. The van der Waals surface area contributed by atoms with Gasteiger partial charge in [-0.1, -0.05) is 33.1 Å². The molecule has 0 aliphatic heterocycles. The summed E-state index contributed by atoms with van der Waals surface area (Å²) in [6.07, 6.45) is 9.90. The number of Topliss-reactive ketones (excluding diaryl/α,β-unsaturated/α-hetero) is 2. The Labute approximate surface area is 127 Å². The Hall–Kier alpha value is -1.51. The molecule has 1 aliphatic carbocycles. The zero-order valence-electron chi connectivity index (χ0n) is 13.1. The Bertz CT molecular complexity index is 487. The molecule has 0 N–H and O–H groups in total. The van der Waals surface area contributed by atoms with Crippen LogP contribution < -0.4 is 0 Å². The lowest BCUT2D eigenvalue weighted by molar-refractivity contribution is -0.130. The van der Waals surface area contributed by atoms with Gasteiger partial charge in [0.15, 0.2) is 5.78 Å². The molecule has 0 spiro atoms. The van der Waals surface area contributed by atoms with E-state index in [4.69, 9.17) is 0 Å². The van der Waals surface area contributed by atoms with Crippen LogP contribution in [0.1, 0.15) is 69.2 Å². The maximum Gasteiger partial charge on any atom is 0.164 e. The minimum atomic E-state index is -0.296. The van der Waals surface area contributed by atoms with Crippen molar-refractivity contribution in [1.29, 1.82) is 0 Å². The molecule has 1 heterocycles. The van der Waals surface area contributed by atoms with E-state index in [2.05, 4.69) is 18.8 Å². The molecule has 3 nitrogen and oxygen atoms in total. The largest absolute Gasteiger partial charge is 0.299 e. The second-order valence-corrected chi connectivity index (χ2v) is 6.64. The molecule has 0 aromatic carbocycles. The Morgan fingerprint density at radius 1 is 1.19 bits per heavy atom. The summed E-state index contributed by atoms with van der Waals surface area (Å²) in [5.74, 6) is 0.717. The molecule has 1 saturated carbocycles. The van der Waals surface area contributed by atoms with Crippen molar-refractivity contribution in [2.24, 2.45) is 11.3 Å². The van der Waals surface area contributed by atoms with E-state index in [1.54, 1.807) is 24.5 Å². The van der Waals surface area contributed by atoms with Gasteiger partial charge in [-0.05, 0) is 30.9 Å². The van der Waals surface area contributed by atoms with Gasteiger partial charge in [-0.3, -0.25) is 14.6 Å². The summed E-state index contributed by atoms with van der Waals surface area (Å²) in [6, 6.07) is 3.51. The second-order valence-electron chi connectivity index (χ2n) is 6.64. The number of carbonyl (C=O) groups is 2. The first kappa shape index (κ1) is 15.9. The number of hydrogen-bond donors (Lipinski definition) is 0. The first-order chi connectivity index (χ1) is 10.0. The van der Waals surface area contributed by atoms with Crippen molar-refractivity contribution < 1.29 is 9.59 Å². The van der Waals surface area contributed by atoms with Crippen LogP contribution in [0.2, 0.25) is 0 Å². The van der Waals surface area contributed by atoms with Crippen LogP contribution in [0.25, 0.3) is 0 Å². The summed E-state index contributed by atoms with van der Waals surface area (Å²) < 4.78 is 0. The van der Waals surface area contributed by atoms with E-state index in [0.29, 0.717) is 24.3 Å². The number of pyridine rings is 1. The van der Waals surface area contributed by atoms with Crippen LogP contribution >= 0.6 is 0 Å². The molecule has 2 rings (SSSR count). The van der Waals surface area contributed by atoms with Gasteiger partial charge in [0.25, 0.3) is 0 Å². The maximum atomic E-state index is 12.5. The van der Waals surface area contributed by atoms with Gasteiger partial charge >= 0.3 is 0 Å². The fraction of sp³-hybridized carbons (Fsp3) is 0.611. The predicted molar refractivity (Wildman–Crippen MR) is 83.2 cm³/mol. The topological polar surface area (TPSA) is 47.0 Å². The number of nitrogens with zero attached hydrogens (tertiary/aromatic N) is 1. The molecule has 114 valence electrons. The number of rotatable bonds is 6. The fourth-order valence-corrected chi connectivity index (χ4v) is 3.27. The summed E-state index contributed by atoms with van der Waals surface area (Å²) in [5, 5.41) is 0. The summed E-state index contributed by atoms with van der Waals surface area (Å²) in [7, 11) is 0. The van der Waals surface area contributed by atoms with Gasteiger partial charge < -0.3 is 0 Å². The Kier molecular flexibility index (Phi) is 5.27. The average molecular weight is 287 g/mol. The maximum absolute atomic E-state index is 12.5. The number of carbonyl (C=O) groups excluding carboxylic acids is 2. The van der Waals surface area contributed by atoms with Crippen molar-refractivity contribution in [1.82, 2.24) is 4.98 Å². The molecular weight excluding hydrogens is 262 g/mol. The SMILES string of the molecule is CC(C)(C(=O)CCC(=O)c1cccnc1)C1CCCCC1. The third kappa shape index (κ3) is 3.99. The molecule has 0 bridgehead atoms. The highest BCUT2D eigenvalue weighted by Gasteiger charge is 2.36. The van der Waals surface area contributed by atoms with Gasteiger partial charge in [-0.25, -0.2) is 0 Å². The molecule has 0 unspecified atom stereocenters. The van der Waals surface area contributed by atoms with Crippen molar-refractivity contribution >= 4 is 11.6 Å². The van der Waals surface area contributed by atoms with Gasteiger partial charge in [0.05, 0.1) is 0 Å². The molecule has 1 aromatic heterocycles. The molecule has 3 heteroatoms. The third-order valence-electron chi connectivity index (χ3n) is 4.91. The highest BCUT2D eigenvalue weighted by atomic mass is 16.1. The summed E-state index contributed by atoms with van der Waals surface area (Å²) in [4.78, 5) is 28.5. The number of ketones is 2. The number of hydrogen-bond acceptors (Lipinski definition) is 3. The van der Waals surface area contributed by atoms with Crippen molar-refractivity contribution in [3.63, 3.8) is 0 Å². The lowest BCUT2D eigenvalue weighted by atomic mass is 9.68. The van der Waals surface area contributed by atoms with E-state index in [1.165, 1.54) is 19.3 Å². The Balaban J connectivity index is 1.90. The molecule has 0 amide bonds. The van der Waals surface area contributed by atoms with Crippen molar-refractivity contribution in [2.75, 3.05) is 0 Å². The average Bonchev–Trinajstić information content (AvgIpc) is 2.53. The zero-order valence-corrected chi connectivity index (χ0v) is 13.1. The van der Waals surface area contributed by atoms with E-state index < -0.39 is 0 Å². The molecule has 0 saturated heterocycles. The van der Waals surface area contributed by atoms with E-state index in [0.717, 1.165) is 12.8 Å². The van der Waals surface area contributed by atoms with Crippen LogP contribution in [0, 0.1) is 11.3 Å². The molecule has 1 fully saturated rings. The molecule has 1 aromatic rings. The summed E-state index contributed by atoms with van der Waals surface area (Å²) in [5.41, 5.74) is 0.302. The lowest BCUT2D eigenvalue weighted by Gasteiger charge is -2.35. The normalized spacial score (nSPS) is 16.7. The van der Waals surface area contributed by atoms with Gasteiger partial charge in [0, 0.05) is 36.2 Å². The quantitative estimate of drug-likeness (QED) is 0.736. The molecule has 0 radical (unpaired) electrons. The summed E-state index contributed by atoms with van der Waals surface area (Å²) in [6.45, 7) is 4.11. The highest BCUT2D eigenvalue weighted by molar-refractivity contribution is 5.98. The second kappa shape index (κ2) is 6.97. The van der Waals surface area contributed by atoms with Gasteiger partial charge in [-0.15, -0.1) is 0 Å². The molecule has 21 heavy (non-hydrogen) atoms. The fourth-order valence-electron chi connectivity index (χ4n) is 3.27. The molecule has 1 aliphatic rings. The first-order valence-electron chi connectivity index (χ1n) is 7.98. The van der Waals surface area contributed by atoms with Gasteiger partial charge in [0.2, 0.25) is 0 Å². The van der Waals surface area contributed by atoms with Crippen LogP contribution in [-0.4, -0.2) is 16.6 Å². The van der Waals surface area contributed by atoms with Gasteiger partial charge in [-0.2, -0.15) is 0 Å². The van der Waals surface area contributed by atoms with Crippen LogP contribution in [0.3, 0.4) is 0 Å². The lowest BCUT2D eigenvalue weighted by Crippen LogP contribution is -2.34. The van der Waals surface area contributed by atoms with E-state index in [-0.39, 0.29) is 17.0 Å². The van der Waals surface area contributed by atoms with Gasteiger partial charge in [0.1, 0.15) is 5.78 Å². The van der Waals surface area contributed by atoms with Crippen LogP contribution in [0.5, 0.6) is 0 Å². The van der Waals surface area contributed by atoms with Crippen molar-refractivity contribution in [3.05, 3.63) is 30.1 Å². The minimum Gasteiger partial charge on any atom is -0.299 e. The standard InChI is InChI=1S/C18H25NO2/c1-18(2,15-8-4-3-5-9-15)17(21)11-10-16(20)14-7-6-12-19-13-14/h6-7,12-13,15H,3-5,8-11H2,1-2H3. The van der Waals surface area contributed by atoms with Crippen LogP contribution in [0.15, 0.2) is 24.5 Å². The predicted octanol–water partition coefficient (Wildman–Crippen LogP) is 4.22. The monoisotopic (exact) mass is 287 g/mol. The zero-order chi connectivity index (χ0) is 15.3. The summed E-state index contributed by atoms with van der Waals surface area (Å²) >= 11 is 0. The molecule has 0 atom stereocenters. The Morgan fingerprint density at radius 3 is 2.52 bits per heavy atom. The number of aromatic nitrogens is 1. The first-order valence-corrected chi connectivity index (χ1v) is 7.98. The van der Waals surface area contributed by atoms with E-state index in [1.807, 2.05) is 0 Å². The van der Waals surface area contributed by atoms with Crippen molar-refractivity contribution in [3.8, 4) is 0 Å². The smallest absolute Gasteiger partial charge is 0.164 e. The minimum absolute atomic E-state index is 0.0101. The van der Waals surface area contributed by atoms with Crippen LogP contribution in [-0.2, 0) is 4.79 Å². The van der Waals surface area contributed by atoms with E-state index >= 15 is 0 Å². The molecular formula is C18H25NO2.